The molecule has 1 fully saturated rings. The van der Waals surface area contributed by atoms with Gasteiger partial charge in [0.1, 0.15) is 0 Å². The molecule has 1 aliphatic rings. The molecule has 0 unspecified atom stereocenters. The van der Waals surface area contributed by atoms with E-state index in [-0.39, 0.29) is 0 Å². The van der Waals surface area contributed by atoms with E-state index >= 15 is 0 Å². The number of anilines is 1. The Balaban J connectivity index is 1.94. The van der Waals surface area contributed by atoms with Gasteiger partial charge >= 0.3 is 0 Å². The van der Waals surface area contributed by atoms with Crippen molar-refractivity contribution in [3.8, 4) is 5.88 Å². The van der Waals surface area contributed by atoms with E-state index in [1.807, 2.05) is 19.1 Å². The first-order valence-corrected chi connectivity index (χ1v) is 5.61. The van der Waals surface area contributed by atoms with Gasteiger partial charge < -0.3 is 10.5 Å². The molecule has 1 aliphatic carbocycles. The Kier molecular flexibility index (Phi) is 3.09. The molecule has 3 heteroatoms. The lowest BCUT2D eigenvalue weighted by atomic mass is 10.1. The minimum absolute atomic E-state index is 0.599. The van der Waals surface area contributed by atoms with E-state index in [0.717, 1.165) is 12.3 Å². The maximum atomic E-state index is 5.79. The highest BCUT2D eigenvalue weighted by Crippen LogP contribution is 2.26. The van der Waals surface area contributed by atoms with Gasteiger partial charge in [-0.2, -0.15) is 0 Å². The fourth-order valence-corrected chi connectivity index (χ4v) is 2.03. The molecule has 1 saturated carbocycles. The molecular formula is C12H18N2O. The molecule has 3 nitrogen and oxygen atoms in total. The molecule has 2 N–H and O–H groups in total. The lowest BCUT2D eigenvalue weighted by molar-refractivity contribution is 0.244. The van der Waals surface area contributed by atoms with Gasteiger partial charge in [0.05, 0.1) is 12.3 Å². The Labute approximate surface area is 90.7 Å². The van der Waals surface area contributed by atoms with Crippen LogP contribution in [-0.4, -0.2) is 11.6 Å². The summed E-state index contributed by atoms with van der Waals surface area (Å²) in [6.07, 6.45) is 5.24. The third kappa shape index (κ3) is 2.61. The van der Waals surface area contributed by atoms with Crippen molar-refractivity contribution in [2.45, 2.75) is 32.6 Å². The largest absolute Gasteiger partial charge is 0.476 e. The van der Waals surface area contributed by atoms with Crippen molar-refractivity contribution in [3.63, 3.8) is 0 Å². The molecular weight excluding hydrogens is 188 g/mol. The smallest absolute Gasteiger partial charge is 0.237 e. The highest BCUT2D eigenvalue weighted by Gasteiger charge is 2.16. The molecule has 0 radical (unpaired) electrons. The van der Waals surface area contributed by atoms with Crippen LogP contribution >= 0.6 is 0 Å². The summed E-state index contributed by atoms with van der Waals surface area (Å²) in [5.74, 6) is 1.30. The predicted molar refractivity (Wildman–Crippen MR) is 60.8 cm³/mol. The molecule has 1 aromatic heterocycles. The lowest BCUT2D eigenvalue weighted by Gasteiger charge is -2.12. The number of hydrogen-bond acceptors (Lipinski definition) is 3. The molecule has 82 valence electrons. The summed E-state index contributed by atoms with van der Waals surface area (Å²) >= 11 is 0. The van der Waals surface area contributed by atoms with Crippen LogP contribution in [0.3, 0.4) is 0 Å². The van der Waals surface area contributed by atoms with Crippen molar-refractivity contribution < 1.29 is 4.74 Å². The molecule has 0 bridgehead atoms. The Hall–Kier alpha value is -1.25. The standard InChI is InChI=1S/C12H18N2O/c1-9-6-7-11(13)12(14-9)15-8-10-4-2-3-5-10/h6-7,10H,2-5,8,13H2,1H3. The fraction of sp³-hybridized carbons (Fsp3) is 0.583. The van der Waals surface area contributed by atoms with E-state index in [1.54, 1.807) is 0 Å². The Morgan fingerprint density at radius 2 is 2.13 bits per heavy atom. The number of aromatic nitrogens is 1. The quantitative estimate of drug-likeness (QED) is 0.826. The zero-order valence-corrected chi connectivity index (χ0v) is 9.20. The average Bonchev–Trinajstić information content (AvgIpc) is 2.72. The van der Waals surface area contributed by atoms with Gasteiger partial charge in [0.2, 0.25) is 5.88 Å². The van der Waals surface area contributed by atoms with Gasteiger partial charge in [-0.1, -0.05) is 12.8 Å². The SMILES string of the molecule is Cc1ccc(N)c(OCC2CCCC2)n1. The molecule has 0 aromatic carbocycles. The van der Waals surface area contributed by atoms with Gasteiger partial charge in [0, 0.05) is 5.69 Å². The van der Waals surface area contributed by atoms with Crippen molar-refractivity contribution >= 4 is 5.69 Å². The van der Waals surface area contributed by atoms with Gasteiger partial charge in [-0.3, -0.25) is 0 Å². The second kappa shape index (κ2) is 4.51. The van der Waals surface area contributed by atoms with E-state index in [2.05, 4.69) is 4.98 Å². The summed E-state index contributed by atoms with van der Waals surface area (Å²) in [5, 5.41) is 0. The van der Waals surface area contributed by atoms with Crippen LogP contribution in [0, 0.1) is 12.8 Å². The minimum atomic E-state index is 0.599. The number of hydrogen-bond donors (Lipinski definition) is 1. The summed E-state index contributed by atoms with van der Waals surface area (Å²) < 4.78 is 5.67. The van der Waals surface area contributed by atoms with Crippen molar-refractivity contribution in [2.75, 3.05) is 12.3 Å². The normalized spacial score (nSPS) is 16.9. The zero-order chi connectivity index (χ0) is 10.7. The number of nitrogens with two attached hydrogens (primary N) is 1. The third-order valence-electron chi connectivity index (χ3n) is 2.96. The molecule has 15 heavy (non-hydrogen) atoms. The van der Waals surface area contributed by atoms with E-state index < -0.39 is 0 Å². The molecule has 1 aromatic rings. The number of aryl methyl sites for hydroxylation is 1. The van der Waals surface area contributed by atoms with E-state index in [9.17, 15) is 0 Å². The van der Waals surface area contributed by atoms with Crippen LogP contribution in [0.2, 0.25) is 0 Å². The van der Waals surface area contributed by atoms with Crippen LogP contribution in [0.5, 0.6) is 5.88 Å². The van der Waals surface area contributed by atoms with Crippen LogP contribution in [0.4, 0.5) is 5.69 Å². The average molecular weight is 206 g/mol. The van der Waals surface area contributed by atoms with Crippen LogP contribution < -0.4 is 10.5 Å². The molecule has 0 aliphatic heterocycles. The topological polar surface area (TPSA) is 48.1 Å². The van der Waals surface area contributed by atoms with Crippen LogP contribution in [0.25, 0.3) is 0 Å². The van der Waals surface area contributed by atoms with E-state index in [0.29, 0.717) is 17.5 Å². The number of ether oxygens (including phenoxy) is 1. The van der Waals surface area contributed by atoms with Gasteiger partial charge in [-0.05, 0) is 37.8 Å². The summed E-state index contributed by atoms with van der Waals surface area (Å²) in [6.45, 7) is 2.71. The monoisotopic (exact) mass is 206 g/mol. The number of nitrogens with zero attached hydrogens (tertiary/aromatic N) is 1. The third-order valence-corrected chi connectivity index (χ3v) is 2.96. The number of nitrogen functional groups attached to an aromatic ring is 1. The van der Waals surface area contributed by atoms with E-state index in [4.69, 9.17) is 10.5 Å². The molecule has 0 saturated heterocycles. The Morgan fingerprint density at radius 1 is 1.40 bits per heavy atom. The maximum Gasteiger partial charge on any atom is 0.237 e. The summed E-state index contributed by atoms with van der Waals surface area (Å²) in [5.41, 5.74) is 7.37. The predicted octanol–water partition coefficient (Wildman–Crippen LogP) is 2.54. The summed E-state index contributed by atoms with van der Waals surface area (Å²) in [4.78, 5) is 4.29. The van der Waals surface area contributed by atoms with Crippen LogP contribution in [0.15, 0.2) is 12.1 Å². The molecule has 0 atom stereocenters. The van der Waals surface area contributed by atoms with Gasteiger partial charge in [0.25, 0.3) is 0 Å². The lowest BCUT2D eigenvalue weighted by Crippen LogP contribution is -2.10. The second-order valence-electron chi connectivity index (χ2n) is 4.31. The second-order valence-corrected chi connectivity index (χ2v) is 4.31. The molecule has 2 rings (SSSR count). The van der Waals surface area contributed by atoms with Crippen molar-refractivity contribution in [1.29, 1.82) is 0 Å². The van der Waals surface area contributed by atoms with Gasteiger partial charge in [-0.25, -0.2) is 4.98 Å². The maximum absolute atomic E-state index is 5.79. The zero-order valence-electron chi connectivity index (χ0n) is 9.20. The van der Waals surface area contributed by atoms with Crippen LogP contribution in [0.1, 0.15) is 31.4 Å². The summed E-state index contributed by atoms with van der Waals surface area (Å²) in [7, 11) is 0. The van der Waals surface area contributed by atoms with Crippen molar-refractivity contribution in [1.82, 2.24) is 4.98 Å². The number of pyridine rings is 1. The fourth-order valence-electron chi connectivity index (χ4n) is 2.03. The van der Waals surface area contributed by atoms with Crippen molar-refractivity contribution in [2.24, 2.45) is 5.92 Å². The highest BCUT2D eigenvalue weighted by molar-refractivity contribution is 5.48. The van der Waals surface area contributed by atoms with Gasteiger partial charge in [0.15, 0.2) is 0 Å². The van der Waals surface area contributed by atoms with E-state index in [1.165, 1.54) is 25.7 Å². The summed E-state index contributed by atoms with van der Waals surface area (Å²) in [6, 6.07) is 3.75. The first-order valence-electron chi connectivity index (χ1n) is 5.61. The minimum Gasteiger partial charge on any atom is -0.476 e. The van der Waals surface area contributed by atoms with Crippen molar-refractivity contribution in [3.05, 3.63) is 17.8 Å². The first kappa shape index (κ1) is 10.3. The Morgan fingerprint density at radius 3 is 2.87 bits per heavy atom. The molecule has 0 spiro atoms. The first-order chi connectivity index (χ1) is 7.25. The van der Waals surface area contributed by atoms with Gasteiger partial charge in [-0.15, -0.1) is 0 Å². The molecule has 0 amide bonds. The van der Waals surface area contributed by atoms with Crippen LogP contribution in [-0.2, 0) is 0 Å². The number of rotatable bonds is 3. The Bertz CT molecular complexity index is 332. The highest BCUT2D eigenvalue weighted by atomic mass is 16.5. The molecule has 1 heterocycles.